The van der Waals surface area contributed by atoms with Crippen LogP contribution >= 0.6 is 0 Å². The molecule has 0 aromatic heterocycles. The molecule has 1 fully saturated rings. The van der Waals surface area contributed by atoms with Crippen molar-refractivity contribution in [1.29, 1.82) is 0 Å². The quantitative estimate of drug-likeness (QED) is 0.394. The molecule has 60 valence electrons. The van der Waals surface area contributed by atoms with Crippen molar-refractivity contribution in [1.82, 2.24) is 4.90 Å². The predicted octanol–water partition coefficient (Wildman–Crippen LogP) is -0.0982. The van der Waals surface area contributed by atoms with Crippen LogP contribution in [0.4, 0.5) is 4.79 Å². The van der Waals surface area contributed by atoms with Crippen molar-refractivity contribution in [3.8, 4) is 0 Å². The van der Waals surface area contributed by atoms with Gasteiger partial charge in [-0.15, -0.1) is 0 Å². The van der Waals surface area contributed by atoms with Crippen molar-refractivity contribution >= 4 is 17.9 Å². The number of hydrogen-bond donors (Lipinski definition) is 0. The van der Waals surface area contributed by atoms with Crippen molar-refractivity contribution in [2.75, 3.05) is 6.61 Å². The molecule has 0 saturated carbocycles. The molecule has 0 bridgehead atoms. The van der Waals surface area contributed by atoms with E-state index in [4.69, 9.17) is 0 Å². The maximum absolute atomic E-state index is 10.7. The van der Waals surface area contributed by atoms with Crippen LogP contribution in [0.3, 0.4) is 0 Å². The molecular weight excluding hydrogens is 150 g/mol. The average molecular weight is 157 g/mol. The summed E-state index contributed by atoms with van der Waals surface area (Å²) in [6.45, 7) is 1.77. The fraction of sp³-hybridized carbons (Fsp3) is 0.500. The second-order valence-electron chi connectivity index (χ2n) is 2.00. The lowest BCUT2D eigenvalue weighted by Crippen LogP contribution is -2.52. The van der Waals surface area contributed by atoms with Crippen LogP contribution in [0, 0.1) is 0 Å². The minimum Gasteiger partial charge on any atom is -0.449 e. The van der Waals surface area contributed by atoms with Gasteiger partial charge in [0.05, 0.1) is 6.61 Å². The van der Waals surface area contributed by atoms with Gasteiger partial charge < -0.3 is 4.74 Å². The molecule has 0 aromatic rings. The summed E-state index contributed by atoms with van der Waals surface area (Å²) in [5.41, 5.74) is 0. The summed E-state index contributed by atoms with van der Waals surface area (Å²) in [6.07, 6.45) is -1.05. The zero-order valence-corrected chi connectivity index (χ0v) is 5.99. The van der Waals surface area contributed by atoms with Crippen LogP contribution in [-0.2, 0) is 14.3 Å². The standard InChI is InChI=1S/C6H7NO4/c1-2-11-6(10)7-4(8)3-5(7)9/h2-3H2,1H3. The first kappa shape index (κ1) is 7.71. The van der Waals surface area contributed by atoms with Crippen LogP contribution in [0.2, 0.25) is 0 Å². The lowest BCUT2D eigenvalue weighted by molar-refractivity contribution is -0.154. The monoisotopic (exact) mass is 157 g/mol. The maximum atomic E-state index is 10.7. The van der Waals surface area contributed by atoms with Gasteiger partial charge in [0.1, 0.15) is 6.42 Å². The lowest BCUT2D eigenvalue weighted by atomic mass is 10.2. The van der Waals surface area contributed by atoms with Gasteiger partial charge in [-0.2, -0.15) is 4.90 Å². The van der Waals surface area contributed by atoms with Gasteiger partial charge in [-0.3, -0.25) is 9.59 Å². The molecular formula is C6H7NO4. The highest BCUT2D eigenvalue weighted by Crippen LogP contribution is 2.11. The Morgan fingerprint density at radius 2 is 2.09 bits per heavy atom. The van der Waals surface area contributed by atoms with E-state index in [2.05, 4.69) is 4.74 Å². The smallest absolute Gasteiger partial charge is 0.423 e. The largest absolute Gasteiger partial charge is 0.449 e. The minimum atomic E-state index is -0.867. The number of rotatable bonds is 1. The maximum Gasteiger partial charge on any atom is 0.423 e. The fourth-order valence-corrected chi connectivity index (χ4v) is 0.727. The van der Waals surface area contributed by atoms with E-state index >= 15 is 0 Å². The first-order valence-electron chi connectivity index (χ1n) is 3.19. The van der Waals surface area contributed by atoms with E-state index in [9.17, 15) is 14.4 Å². The molecule has 1 aliphatic heterocycles. The van der Waals surface area contributed by atoms with Gasteiger partial charge in [-0.1, -0.05) is 0 Å². The van der Waals surface area contributed by atoms with Crippen molar-refractivity contribution in [3.63, 3.8) is 0 Å². The second-order valence-corrected chi connectivity index (χ2v) is 2.00. The van der Waals surface area contributed by atoms with Crippen LogP contribution in [0.5, 0.6) is 0 Å². The van der Waals surface area contributed by atoms with Crippen LogP contribution in [0.15, 0.2) is 0 Å². The average Bonchev–Trinajstić information content (AvgIpc) is 1.87. The number of carbonyl (C=O) groups is 3. The number of amides is 3. The van der Waals surface area contributed by atoms with Gasteiger partial charge in [0.2, 0.25) is 11.8 Å². The van der Waals surface area contributed by atoms with E-state index < -0.39 is 17.9 Å². The highest BCUT2D eigenvalue weighted by Gasteiger charge is 2.40. The Morgan fingerprint density at radius 3 is 2.45 bits per heavy atom. The molecule has 0 radical (unpaired) electrons. The van der Waals surface area contributed by atoms with Gasteiger partial charge in [0.15, 0.2) is 0 Å². The Labute approximate surface area is 62.9 Å². The third-order valence-electron chi connectivity index (χ3n) is 1.25. The number of hydrogen-bond acceptors (Lipinski definition) is 4. The molecule has 3 amide bonds. The van der Waals surface area contributed by atoms with E-state index in [0.717, 1.165) is 0 Å². The molecule has 1 aliphatic rings. The summed E-state index contributed by atoms with van der Waals surface area (Å²) >= 11 is 0. The van der Waals surface area contributed by atoms with Crippen LogP contribution < -0.4 is 0 Å². The van der Waals surface area contributed by atoms with Crippen LogP contribution in [0.1, 0.15) is 13.3 Å². The summed E-state index contributed by atoms with van der Waals surface area (Å²) in [6, 6.07) is 0. The number of β-lactam (4-membered cyclic amide) rings is 2. The molecule has 0 aromatic carbocycles. The normalized spacial score (nSPS) is 16.3. The van der Waals surface area contributed by atoms with Crippen LogP contribution in [-0.4, -0.2) is 29.4 Å². The number of likely N-dealkylation sites (tertiary alicyclic amines) is 1. The molecule has 0 unspecified atom stereocenters. The highest BCUT2D eigenvalue weighted by molar-refractivity contribution is 6.23. The summed E-state index contributed by atoms with van der Waals surface area (Å²) in [7, 11) is 0. The topological polar surface area (TPSA) is 63.7 Å². The number of ether oxygens (including phenoxy) is 1. The number of imide groups is 3. The lowest BCUT2D eigenvalue weighted by Gasteiger charge is -2.24. The van der Waals surface area contributed by atoms with Crippen molar-refractivity contribution < 1.29 is 19.1 Å². The molecule has 1 saturated heterocycles. The number of nitrogens with zero attached hydrogens (tertiary/aromatic N) is 1. The highest BCUT2D eigenvalue weighted by atomic mass is 16.6. The SMILES string of the molecule is CCOC(=O)N1C(=O)CC1=O. The Kier molecular flexibility index (Phi) is 1.89. The van der Waals surface area contributed by atoms with Gasteiger partial charge in [0.25, 0.3) is 0 Å². The van der Waals surface area contributed by atoms with E-state index in [-0.39, 0.29) is 13.0 Å². The van der Waals surface area contributed by atoms with E-state index in [1.54, 1.807) is 6.92 Å². The van der Waals surface area contributed by atoms with E-state index in [0.29, 0.717) is 4.90 Å². The van der Waals surface area contributed by atoms with Gasteiger partial charge in [-0.25, -0.2) is 4.79 Å². The number of carbonyl (C=O) groups excluding carboxylic acids is 3. The molecule has 5 heteroatoms. The van der Waals surface area contributed by atoms with Gasteiger partial charge in [0, 0.05) is 0 Å². The summed E-state index contributed by atoms with van der Waals surface area (Å²) in [4.78, 5) is 32.3. The molecule has 1 rings (SSSR count). The fourth-order valence-electron chi connectivity index (χ4n) is 0.727. The summed E-state index contributed by atoms with van der Waals surface area (Å²) in [5.74, 6) is -0.984. The molecule has 0 N–H and O–H groups in total. The Morgan fingerprint density at radius 1 is 1.55 bits per heavy atom. The molecule has 5 nitrogen and oxygen atoms in total. The third kappa shape index (κ3) is 1.21. The van der Waals surface area contributed by atoms with Crippen molar-refractivity contribution in [2.24, 2.45) is 0 Å². The molecule has 1 heterocycles. The van der Waals surface area contributed by atoms with E-state index in [1.807, 2.05) is 0 Å². The zero-order valence-electron chi connectivity index (χ0n) is 5.99. The van der Waals surface area contributed by atoms with Gasteiger partial charge >= 0.3 is 6.09 Å². The minimum absolute atomic E-state index is 0.163. The Hall–Kier alpha value is -1.39. The summed E-state index contributed by atoms with van der Waals surface area (Å²) in [5, 5.41) is 0. The first-order valence-corrected chi connectivity index (χ1v) is 3.19. The second kappa shape index (κ2) is 2.69. The molecule has 11 heavy (non-hydrogen) atoms. The summed E-state index contributed by atoms with van der Waals surface area (Å²) < 4.78 is 4.43. The molecule has 0 aliphatic carbocycles. The Bertz CT molecular complexity index is 209. The van der Waals surface area contributed by atoms with Crippen LogP contribution in [0.25, 0.3) is 0 Å². The van der Waals surface area contributed by atoms with Gasteiger partial charge in [-0.05, 0) is 6.92 Å². The predicted molar refractivity (Wildman–Crippen MR) is 33.5 cm³/mol. The Balaban J connectivity index is 2.53. The molecule has 0 atom stereocenters. The first-order chi connectivity index (χ1) is 5.16. The molecule has 0 spiro atoms. The van der Waals surface area contributed by atoms with Crippen molar-refractivity contribution in [2.45, 2.75) is 13.3 Å². The zero-order chi connectivity index (χ0) is 8.43. The van der Waals surface area contributed by atoms with E-state index in [1.165, 1.54) is 0 Å². The van der Waals surface area contributed by atoms with Crippen molar-refractivity contribution in [3.05, 3.63) is 0 Å². The third-order valence-corrected chi connectivity index (χ3v) is 1.25.